The highest BCUT2D eigenvalue weighted by molar-refractivity contribution is 7.88. The summed E-state index contributed by atoms with van der Waals surface area (Å²) in [5, 5.41) is 0. The zero-order valence-corrected chi connectivity index (χ0v) is 20.1. The first-order valence-electron chi connectivity index (χ1n) is 11.2. The Balaban J connectivity index is 1.82. The van der Waals surface area contributed by atoms with E-state index < -0.39 is 33.6 Å². The predicted octanol–water partition coefficient (Wildman–Crippen LogP) is 3.96. The molecule has 0 aliphatic heterocycles. The van der Waals surface area contributed by atoms with Gasteiger partial charge in [-0.2, -0.15) is 0 Å². The first-order chi connectivity index (χ1) is 16.0. The molecule has 0 fully saturated rings. The zero-order valence-electron chi connectivity index (χ0n) is 19.3. The molecular weight excluding hydrogens is 460 g/mol. The molecule has 1 aliphatic rings. The van der Waals surface area contributed by atoms with Crippen molar-refractivity contribution in [2.75, 3.05) is 6.26 Å². The smallest absolute Gasteiger partial charge is 0.257 e. The molecule has 6 nitrogen and oxygen atoms in total. The van der Waals surface area contributed by atoms with Gasteiger partial charge in [0.1, 0.15) is 11.6 Å². The molecule has 0 saturated carbocycles. The highest BCUT2D eigenvalue weighted by atomic mass is 32.2. The summed E-state index contributed by atoms with van der Waals surface area (Å²) in [6.07, 6.45) is 3.56. The number of halogens is 2. The first kappa shape index (κ1) is 24.2. The Morgan fingerprint density at radius 3 is 2.59 bits per heavy atom. The maximum atomic E-state index is 15.6. The Labute approximate surface area is 197 Å². The van der Waals surface area contributed by atoms with E-state index in [9.17, 15) is 17.6 Å². The van der Waals surface area contributed by atoms with Gasteiger partial charge >= 0.3 is 0 Å². The molecule has 0 radical (unpaired) electrons. The van der Waals surface area contributed by atoms with Crippen molar-refractivity contribution in [3.8, 4) is 11.1 Å². The Morgan fingerprint density at radius 2 is 1.91 bits per heavy atom. The molecule has 180 valence electrons. The molecule has 1 aliphatic carbocycles. The molecule has 1 heterocycles. The second kappa shape index (κ2) is 9.38. The van der Waals surface area contributed by atoms with Crippen LogP contribution in [0.15, 0.2) is 53.6 Å². The molecule has 0 bridgehead atoms. The molecule has 9 heteroatoms. The zero-order chi connectivity index (χ0) is 24.6. The predicted molar refractivity (Wildman–Crippen MR) is 127 cm³/mol. The minimum Gasteiger partial charge on any atom is -0.296 e. The minimum absolute atomic E-state index is 0.0915. The molecule has 2 unspecified atom stereocenters. The van der Waals surface area contributed by atoms with Crippen molar-refractivity contribution >= 4 is 10.0 Å². The van der Waals surface area contributed by atoms with E-state index in [4.69, 9.17) is 0 Å². The second-order valence-electron chi connectivity index (χ2n) is 9.05. The summed E-state index contributed by atoms with van der Waals surface area (Å²) < 4.78 is 57.7. The van der Waals surface area contributed by atoms with Crippen LogP contribution in [0.1, 0.15) is 49.0 Å². The Kier molecular flexibility index (Phi) is 6.69. The Hall–Kier alpha value is -2.91. The van der Waals surface area contributed by atoms with Gasteiger partial charge in [-0.05, 0) is 56.4 Å². The Morgan fingerprint density at radius 1 is 1.18 bits per heavy atom. The van der Waals surface area contributed by atoms with Gasteiger partial charge in [-0.25, -0.2) is 26.9 Å². The van der Waals surface area contributed by atoms with E-state index >= 15 is 4.39 Å². The number of fused-ring (bicyclic) bond motifs is 1. The first-order valence-corrected chi connectivity index (χ1v) is 13.0. The van der Waals surface area contributed by atoms with Crippen LogP contribution in [-0.2, 0) is 22.9 Å². The second-order valence-corrected chi connectivity index (χ2v) is 10.8. The van der Waals surface area contributed by atoms with E-state index in [2.05, 4.69) is 9.71 Å². The van der Waals surface area contributed by atoms with Crippen molar-refractivity contribution in [2.24, 2.45) is 0 Å². The number of nitrogens with zero attached hydrogens (tertiary/aromatic N) is 2. The molecule has 1 aromatic heterocycles. The molecule has 0 saturated heterocycles. The lowest BCUT2D eigenvalue weighted by molar-refractivity contribution is 0.409. The van der Waals surface area contributed by atoms with Gasteiger partial charge in [0.2, 0.25) is 10.0 Å². The van der Waals surface area contributed by atoms with Crippen molar-refractivity contribution in [1.82, 2.24) is 14.3 Å². The highest BCUT2D eigenvalue weighted by Gasteiger charge is 2.36. The third kappa shape index (κ3) is 4.95. The van der Waals surface area contributed by atoms with Gasteiger partial charge in [0, 0.05) is 29.1 Å². The molecule has 0 spiro atoms. The highest BCUT2D eigenvalue weighted by Crippen LogP contribution is 2.34. The van der Waals surface area contributed by atoms with Crippen LogP contribution in [0.4, 0.5) is 8.78 Å². The van der Waals surface area contributed by atoms with E-state index in [0.717, 1.165) is 6.26 Å². The number of hydrogen-bond donors (Lipinski definition) is 1. The van der Waals surface area contributed by atoms with Crippen molar-refractivity contribution < 1.29 is 17.2 Å². The van der Waals surface area contributed by atoms with Gasteiger partial charge in [-0.1, -0.05) is 30.3 Å². The third-order valence-electron chi connectivity index (χ3n) is 6.24. The van der Waals surface area contributed by atoms with Gasteiger partial charge < -0.3 is 0 Å². The third-order valence-corrected chi connectivity index (χ3v) is 6.97. The van der Waals surface area contributed by atoms with Gasteiger partial charge in [0.05, 0.1) is 18.3 Å². The van der Waals surface area contributed by atoms with Crippen molar-refractivity contribution in [2.45, 2.75) is 51.1 Å². The largest absolute Gasteiger partial charge is 0.296 e. The van der Waals surface area contributed by atoms with Gasteiger partial charge in [-0.15, -0.1) is 0 Å². The fraction of sp³-hybridized carbons (Fsp3) is 0.360. The molecule has 1 N–H and O–H groups in total. The lowest BCUT2D eigenvalue weighted by atomic mass is 9.78. The summed E-state index contributed by atoms with van der Waals surface area (Å²) in [4.78, 5) is 17.9. The maximum absolute atomic E-state index is 15.6. The topological polar surface area (TPSA) is 81.1 Å². The fourth-order valence-corrected chi connectivity index (χ4v) is 5.50. The number of benzene rings is 2. The minimum atomic E-state index is -3.57. The van der Waals surface area contributed by atoms with Crippen LogP contribution in [0.3, 0.4) is 0 Å². The standard InChI is InChI=1S/C25H27F2N3O3S/c1-15(2)30-14-28-22-11-10-21(29-34(3,32)33)20(23(22)25(30)31)13-17-7-5-9-19(24(17)27)16-6-4-8-18(26)12-16/h4-9,12,14-15,20-21,29H,10-11,13H2,1-3H3. The number of aromatic nitrogens is 2. The van der Waals surface area contributed by atoms with Crippen LogP contribution in [0, 0.1) is 11.6 Å². The summed E-state index contributed by atoms with van der Waals surface area (Å²) in [5.74, 6) is -1.60. The Bertz CT molecular complexity index is 1390. The van der Waals surface area contributed by atoms with Crippen LogP contribution in [0.2, 0.25) is 0 Å². The monoisotopic (exact) mass is 487 g/mol. The van der Waals surface area contributed by atoms with Crippen LogP contribution in [0.25, 0.3) is 11.1 Å². The molecule has 0 amide bonds. The van der Waals surface area contributed by atoms with E-state index in [1.54, 1.807) is 24.3 Å². The van der Waals surface area contributed by atoms with Gasteiger partial charge in [0.25, 0.3) is 5.56 Å². The van der Waals surface area contributed by atoms with Crippen LogP contribution in [0.5, 0.6) is 0 Å². The SMILES string of the molecule is CC(C)n1cnc2c(c1=O)C(Cc1cccc(-c3cccc(F)c3)c1F)C(NS(C)(=O)=O)CC2. The van der Waals surface area contributed by atoms with E-state index in [0.29, 0.717) is 35.2 Å². The molecule has 2 atom stereocenters. The summed E-state index contributed by atoms with van der Waals surface area (Å²) in [5.41, 5.74) is 1.75. The van der Waals surface area contributed by atoms with Crippen molar-refractivity contribution in [3.63, 3.8) is 0 Å². The molecule has 3 aromatic rings. The van der Waals surface area contributed by atoms with Gasteiger partial charge in [-0.3, -0.25) is 9.36 Å². The summed E-state index contributed by atoms with van der Waals surface area (Å²) >= 11 is 0. The summed E-state index contributed by atoms with van der Waals surface area (Å²) in [6.45, 7) is 3.73. The quantitative estimate of drug-likeness (QED) is 0.571. The fourth-order valence-electron chi connectivity index (χ4n) is 4.66. The average Bonchev–Trinajstić information content (AvgIpc) is 2.75. The number of aryl methyl sites for hydroxylation is 1. The van der Waals surface area contributed by atoms with E-state index in [1.165, 1.54) is 29.1 Å². The lowest BCUT2D eigenvalue weighted by Crippen LogP contribution is -2.45. The van der Waals surface area contributed by atoms with Crippen LogP contribution in [-0.4, -0.2) is 30.3 Å². The lowest BCUT2D eigenvalue weighted by Gasteiger charge is -2.33. The molecule has 4 rings (SSSR count). The summed E-state index contributed by atoms with van der Waals surface area (Å²) in [7, 11) is -3.57. The molecule has 2 aromatic carbocycles. The van der Waals surface area contributed by atoms with Gasteiger partial charge in [0.15, 0.2) is 0 Å². The number of rotatable bonds is 6. The van der Waals surface area contributed by atoms with Crippen LogP contribution >= 0.6 is 0 Å². The number of hydrogen-bond acceptors (Lipinski definition) is 4. The van der Waals surface area contributed by atoms with Crippen LogP contribution < -0.4 is 10.3 Å². The average molecular weight is 488 g/mol. The summed E-state index contributed by atoms with van der Waals surface area (Å²) in [6, 6.07) is 9.83. The van der Waals surface area contributed by atoms with E-state index in [-0.39, 0.29) is 23.6 Å². The molecule has 34 heavy (non-hydrogen) atoms. The number of sulfonamides is 1. The van der Waals surface area contributed by atoms with Crippen molar-refractivity contribution in [3.05, 3.63) is 87.6 Å². The van der Waals surface area contributed by atoms with Crippen molar-refractivity contribution in [1.29, 1.82) is 0 Å². The normalized spacial score (nSPS) is 18.2. The molecular formula is C25H27F2N3O3S. The number of nitrogens with one attached hydrogen (secondary N) is 1. The maximum Gasteiger partial charge on any atom is 0.257 e. The van der Waals surface area contributed by atoms with E-state index in [1.807, 2.05) is 13.8 Å².